The van der Waals surface area contributed by atoms with Crippen molar-refractivity contribution in [3.05, 3.63) is 0 Å². The van der Waals surface area contributed by atoms with Crippen LogP contribution in [-0.4, -0.2) is 47.8 Å². The van der Waals surface area contributed by atoms with Gasteiger partial charge in [0, 0.05) is 25.2 Å². The number of hydrogen-bond donors (Lipinski definition) is 2. The Morgan fingerprint density at radius 2 is 2.15 bits per heavy atom. The second-order valence-electron chi connectivity index (χ2n) is 4.32. The fraction of sp³-hybridized carbons (Fsp3) is 1.00. The third-order valence-corrected chi connectivity index (χ3v) is 3.33. The Morgan fingerprint density at radius 3 is 2.69 bits per heavy atom. The minimum Gasteiger partial charge on any atom is -0.392 e. The number of likely N-dealkylation sites (tertiary alicyclic amines) is 1. The van der Waals surface area contributed by atoms with E-state index in [1.807, 2.05) is 0 Å². The fourth-order valence-electron chi connectivity index (χ4n) is 2.37. The molecule has 0 bridgehead atoms. The Morgan fingerprint density at radius 1 is 1.38 bits per heavy atom. The molecule has 0 aromatic carbocycles. The van der Waals surface area contributed by atoms with Crippen LogP contribution in [0.15, 0.2) is 0 Å². The molecular weight excluding hydrogens is 164 g/mol. The van der Waals surface area contributed by atoms with Gasteiger partial charge in [0.1, 0.15) is 0 Å². The summed E-state index contributed by atoms with van der Waals surface area (Å²) in [5.74, 6) is 0. The topological polar surface area (TPSA) is 35.5 Å². The van der Waals surface area contributed by atoms with E-state index in [0.717, 1.165) is 19.4 Å². The summed E-state index contributed by atoms with van der Waals surface area (Å²) in [7, 11) is 0. The molecule has 2 unspecified atom stereocenters. The average molecular weight is 184 g/mol. The molecule has 2 fully saturated rings. The first-order chi connectivity index (χ1) is 6.29. The first-order valence-corrected chi connectivity index (χ1v) is 5.46. The van der Waals surface area contributed by atoms with E-state index in [1.165, 1.54) is 19.5 Å². The highest BCUT2D eigenvalue weighted by Crippen LogP contribution is 2.20. The van der Waals surface area contributed by atoms with Gasteiger partial charge in [0.25, 0.3) is 0 Å². The summed E-state index contributed by atoms with van der Waals surface area (Å²) in [6.07, 6.45) is 3.24. The van der Waals surface area contributed by atoms with Gasteiger partial charge in [0.2, 0.25) is 0 Å². The first kappa shape index (κ1) is 9.44. The van der Waals surface area contributed by atoms with Crippen LogP contribution in [0.4, 0.5) is 0 Å². The lowest BCUT2D eigenvalue weighted by atomic mass is 10.1. The summed E-state index contributed by atoms with van der Waals surface area (Å²) in [5, 5.41) is 13.1. The van der Waals surface area contributed by atoms with Gasteiger partial charge >= 0.3 is 0 Å². The van der Waals surface area contributed by atoms with E-state index < -0.39 is 0 Å². The molecule has 1 saturated carbocycles. The van der Waals surface area contributed by atoms with Crippen molar-refractivity contribution in [1.82, 2.24) is 10.2 Å². The molecule has 3 heteroatoms. The Labute approximate surface area is 80.1 Å². The van der Waals surface area contributed by atoms with Crippen LogP contribution in [0.2, 0.25) is 0 Å². The van der Waals surface area contributed by atoms with Crippen LogP contribution in [0.25, 0.3) is 0 Å². The van der Waals surface area contributed by atoms with Crippen molar-refractivity contribution < 1.29 is 5.11 Å². The minimum atomic E-state index is -0.0873. The van der Waals surface area contributed by atoms with Crippen LogP contribution in [0.5, 0.6) is 0 Å². The van der Waals surface area contributed by atoms with E-state index >= 15 is 0 Å². The SMILES string of the molecule is CCN1CC(NC2CCCC2O)C1. The molecule has 2 aliphatic rings. The molecule has 3 nitrogen and oxygen atoms in total. The van der Waals surface area contributed by atoms with Crippen LogP contribution < -0.4 is 5.32 Å². The predicted molar refractivity (Wildman–Crippen MR) is 52.7 cm³/mol. The number of aliphatic hydroxyl groups excluding tert-OH is 1. The van der Waals surface area contributed by atoms with Gasteiger partial charge in [0.05, 0.1) is 6.10 Å². The highest BCUT2D eigenvalue weighted by Gasteiger charge is 2.31. The lowest BCUT2D eigenvalue weighted by Crippen LogP contribution is -2.60. The van der Waals surface area contributed by atoms with Crippen molar-refractivity contribution in [3.8, 4) is 0 Å². The molecule has 1 aliphatic heterocycles. The molecule has 0 aromatic heterocycles. The van der Waals surface area contributed by atoms with Crippen LogP contribution in [-0.2, 0) is 0 Å². The highest BCUT2D eigenvalue weighted by molar-refractivity contribution is 4.91. The van der Waals surface area contributed by atoms with Crippen molar-refractivity contribution in [1.29, 1.82) is 0 Å². The van der Waals surface area contributed by atoms with Crippen molar-refractivity contribution in [2.45, 2.75) is 44.4 Å². The van der Waals surface area contributed by atoms with Crippen molar-refractivity contribution in [2.24, 2.45) is 0 Å². The maximum atomic E-state index is 9.60. The van der Waals surface area contributed by atoms with Gasteiger partial charge in [-0.15, -0.1) is 0 Å². The molecule has 2 rings (SSSR count). The molecule has 0 aromatic rings. The smallest absolute Gasteiger partial charge is 0.0693 e. The van der Waals surface area contributed by atoms with Gasteiger partial charge in [-0.3, -0.25) is 0 Å². The molecule has 0 spiro atoms. The zero-order valence-electron chi connectivity index (χ0n) is 8.37. The quantitative estimate of drug-likeness (QED) is 0.657. The fourth-order valence-corrected chi connectivity index (χ4v) is 2.37. The Hall–Kier alpha value is -0.120. The van der Waals surface area contributed by atoms with Gasteiger partial charge in [0.15, 0.2) is 0 Å². The lowest BCUT2D eigenvalue weighted by Gasteiger charge is -2.41. The van der Waals surface area contributed by atoms with Crippen LogP contribution in [0, 0.1) is 0 Å². The molecule has 1 heterocycles. The first-order valence-electron chi connectivity index (χ1n) is 5.46. The maximum absolute atomic E-state index is 9.60. The summed E-state index contributed by atoms with van der Waals surface area (Å²) >= 11 is 0. The molecule has 13 heavy (non-hydrogen) atoms. The van der Waals surface area contributed by atoms with E-state index in [9.17, 15) is 5.11 Å². The van der Waals surface area contributed by atoms with E-state index in [4.69, 9.17) is 0 Å². The Balaban J connectivity index is 1.68. The summed E-state index contributed by atoms with van der Waals surface area (Å²) < 4.78 is 0. The standard InChI is InChI=1S/C10H20N2O/c1-2-12-6-8(7-12)11-9-4-3-5-10(9)13/h8-11,13H,2-7H2,1H3. The van der Waals surface area contributed by atoms with E-state index in [-0.39, 0.29) is 6.10 Å². The van der Waals surface area contributed by atoms with Gasteiger partial charge < -0.3 is 15.3 Å². The van der Waals surface area contributed by atoms with Gasteiger partial charge in [-0.05, 0) is 25.8 Å². The largest absolute Gasteiger partial charge is 0.392 e. The summed E-state index contributed by atoms with van der Waals surface area (Å²) in [4.78, 5) is 2.42. The normalized spacial score (nSPS) is 36.5. The highest BCUT2D eigenvalue weighted by atomic mass is 16.3. The number of hydrogen-bond acceptors (Lipinski definition) is 3. The summed E-state index contributed by atoms with van der Waals surface area (Å²) in [6, 6.07) is 1.02. The molecule has 0 radical (unpaired) electrons. The Bertz CT molecular complexity index is 168. The number of nitrogens with one attached hydrogen (secondary N) is 1. The number of rotatable bonds is 3. The van der Waals surface area contributed by atoms with Gasteiger partial charge in [-0.1, -0.05) is 6.92 Å². The number of nitrogens with zero attached hydrogens (tertiary/aromatic N) is 1. The molecule has 1 saturated heterocycles. The summed E-state index contributed by atoms with van der Waals surface area (Å²) in [5.41, 5.74) is 0. The lowest BCUT2D eigenvalue weighted by molar-refractivity contribution is 0.0908. The van der Waals surface area contributed by atoms with E-state index in [0.29, 0.717) is 12.1 Å². The molecule has 2 N–H and O–H groups in total. The van der Waals surface area contributed by atoms with Crippen molar-refractivity contribution >= 4 is 0 Å². The molecule has 0 amide bonds. The molecule has 1 aliphatic carbocycles. The zero-order valence-corrected chi connectivity index (χ0v) is 8.37. The Kier molecular flexibility index (Phi) is 2.86. The summed E-state index contributed by atoms with van der Waals surface area (Å²) in [6.45, 7) is 5.69. The third kappa shape index (κ3) is 2.03. The molecular formula is C10H20N2O. The van der Waals surface area contributed by atoms with Crippen molar-refractivity contribution in [2.75, 3.05) is 19.6 Å². The van der Waals surface area contributed by atoms with Crippen LogP contribution >= 0.6 is 0 Å². The van der Waals surface area contributed by atoms with Gasteiger partial charge in [-0.25, -0.2) is 0 Å². The zero-order chi connectivity index (χ0) is 9.26. The second kappa shape index (κ2) is 3.95. The molecule has 2 atom stereocenters. The van der Waals surface area contributed by atoms with E-state index in [1.54, 1.807) is 0 Å². The number of likely N-dealkylation sites (N-methyl/N-ethyl adjacent to an activating group) is 1. The second-order valence-corrected chi connectivity index (χ2v) is 4.32. The monoisotopic (exact) mass is 184 g/mol. The minimum absolute atomic E-state index is 0.0873. The number of aliphatic hydroxyl groups is 1. The maximum Gasteiger partial charge on any atom is 0.0693 e. The third-order valence-electron chi connectivity index (χ3n) is 3.33. The average Bonchev–Trinajstić information content (AvgIpc) is 2.43. The van der Waals surface area contributed by atoms with Crippen LogP contribution in [0.1, 0.15) is 26.2 Å². The van der Waals surface area contributed by atoms with E-state index in [2.05, 4.69) is 17.1 Å². The van der Waals surface area contributed by atoms with Gasteiger partial charge in [-0.2, -0.15) is 0 Å². The van der Waals surface area contributed by atoms with Crippen LogP contribution in [0.3, 0.4) is 0 Å². The molecule has 76 valence electrons. The predicted octanol–water partition coefficient (Wildman–Crippen LogP) is 0.193. The van der Waals surface area contributed by atoms with Crippen molar-refractivity contribution in [3.63, 3.8) is 0 Å².